The summed E-state index contributed by atoms with van der Waals surface area (Å²) in [6, 6.07) is 2.64. The van der Waals surface area contributed by atoms with Gasteiger partial charge in [-0.25, -0.2) is 0 Å². The minimum absolute atomic E-state index is 0.0659. The Kier molecular flexibility index (Phi) is 5.60. The second kappa shape index (κ2) is 7.44. The van der Waals surface area contributed by atoms with Crippen molar-refractivity contribution in [3.05, 3.63) is 0 Å². The normalized spacial score (nSPS) is 20.9. The smallest absolute Gasteiger partial charge is 0.240 e. The molecule has 0 aliphatic heterocycles. The number of amides is 2. The first kappa shape index (κ1) is 15.8. The molecule has 2 N–H and O–H groups in total. The number of carbonyl (C=O) groups excluding carboxylic acids is 2. The van der Waals surface area contributed by atoms with Crippen LogP contribution in [-0.4, -0.2) is 24.4 Å². The molecular formula is C16H25N3O2. The highest BCUT2D eigenvalue weighted by atomic mass is 16.2. The Morgan fingerprint density at radius 3 is 2.38 bits per heavy atom. The summed E-state index contributed by atoms with van der Waals surface area (Å²) in [5.74, 6) is -0.0780. The number of hydrogen-bond acceptors (Lipinski definition) is 3. The minimum atomic E-state index is -0.841. The first-order chi connectivity index (χ1) is 10.2. The van der Waals surface area contributed by atoms with Gasteiger partial charge in [0, 0.05) is 19.0 Å². The van der Waals surface area contributed by atoms with Gasteiger partial charge in [0.05, 0.1) is 6.07 Å². The third-order valence-corrected chi connectivity index (χ3v) is 4.41. The average molecular weight is 291 g/mol. The zero-order chi connectivity index (χ0) is 15.1. The second-order valence-corrected chi connectivity index (χ2v) is 6.31. The zero-order valence-electron chi connectivity index (χ0n) is 12.6. The van der Waals surface area contributed by atoms with Gasteiger partial charge in [-0.15, -0.1) is 0 Å². The standard InChI is InChI=1S/C16H25N3O2/c17-12-16(9-3-1-2-4-10-16)15(21)18-11-5-6-14(20)19-13-7-8-13/h13H,1-11H2,(H,18,21)(H,19,20). The van der Waals surface area contributed by atoms with Gasteiger partial charge in [-0.3, -0.25) is 9.59 Å². The Bertz CT molecular complexity index is 416. The van der Waals surface area contributed by atoms with E-state index in [9.17, 15) is 14.9 Å². The first-order valence-corrected chi connectivity index (χ1v) is 8.15. The summed E-state index contributed by atoms with van der Waals surface area (Å²) in [4.78, 5) is 23.8. The molecule has 0 atom stereocenters. The fraction of sp³-hybridized carbons (Fsp3) is 0.812. The van der Waals surface area contributed by atoms with Crippen molar-refractivity contribution in [2.75, 3.05) is 6.54 Å². The fourth-order valence-corrected chi connectivity index (χ4v) is 2.87. The van der Waals surface area contributed by atoms with Crippen molar-refractivity contribution >= 4 is 11.8 Å². The van der Waals surface area contributed by atoms with Crippen LogP contribution in [0.3, 0.4) is 0 Å². The largest absolute Gasteiger partial charge is 0.355 e. The molecule has 0 aromatic heterocycles. The number of hydrogen-bond donors (Lipinski definition) is 2. The van der Waals surface area contributed by atoms with Gasteiger partial charge in [0.25, 0.3) is 0 Å². The summed E-state index contributed by atoms with van der Waals surface area (Å²) in [5.41, 5.74) is -0.841. The number of nitrogens with one attached hydrogen (secondary N) is 2. The van der Waals surface area contributed by atoms with Gasteiger partial charge < -0.3 is 10.6 Å². The molecule has 0 bridgehead atoms. The van der Waals surface area contributed by atoms with Gasteiger partial charge in [-0.2, -0.15) is 5.26 Å². The lowest BCUT2D eigenvalue weighted by molar-refractivity contribution is -0.129. The van der Waals surface area contributed by atoms with Crippen molar-refractivity contribution in [2.24, 2.45) is 5.41 Å². The van der Waals surface area contributed by atoms with Crippen LogP contribution in [-0.2, 0) is 9.59 Å². The fourth-order valence-electron chi connectivity index (χ4n) is 2.87. The minimum Gasteiger partial charge on any atom is -0.355 e. The van der Waals surface area contributed by atoms with Crippen LogP contribution in [0.2, 0.25) is 0 Å². The van der Waals surface area contributed by atoms with Crippen LogP contribution in [0.25, 0.3) is 0 Å². The van der Waals surface area contributed by atoms with E-state index in [0.717, 1.165) is 38.5 Å². The highest BCUT2D eigenvalue weighted by Gasteiger charge is 2.38. The maximum atomic E-state index is 12.3. The lowest BCUT2D eigenvalue weighted by Gasteiger charge is -2.23. The molecule has 2 amide bonds. The van der Waals surface area contributed by atoms with Gasteiger partial charge in [0.2, 0.25) is 11.8 Å². The molecule has 2 fully saturated rings. The van der Waals surface area contributed by atoms with Crippen LogP contribution in [0, 0.1) is 16.7 Å². The van der Waals surface area contributed by atoms with Crippen LogP contribution in [0.5, 0.6) is 0 Å². The molecule has 2 aliphatic rings. The van der Waals surface area contributed by atoms with E-state index in [2.05, 4.69) is 16.7 Å². The molecule has 2 aliphatic carbocycles. The molecule has 0 radical (unpaired) electrons. The van der Waals surface area contributed by atoms with E-state index in [-0.39, 0.29) is 11.8 Å². The van der Waals surface area contributed by atoms with Gasteiger partial charge in [-0.1, -0.05) is 25.7 Å². The highest BCUT2D eigenvalue weighted by Crippen LogP contribution is 2.34. The van der Waals surface area contributed by atoms with Crippen molar-refractivity contribution < 1.29 is 9.59 Å². The van der Waals surface area contributed by atoms with E-state index in [0.29, 0.717) is 38.3 Å². The summed E-state index contributed by atoms with van der Waals surface area (Å²) in [6.07, 6.45) is 8.70. The molecule has 2 saturated carbocycles. The predicted molar refractivity (Wildman–Crippen MR) is 79.2 cm³/mol. The summed E-state index contributed by atoms with van der Waals surface area (Å²) < 4.78 is 0. The highest BCUT2D eigenvalue weighted by molar-refractivity contribution is 5.85. The molecule has 116 valence electrons. The number of carbonyl (C=O) groups is 2. The molecule has 0 aromatic carbocycles. The molecule has 0 unspecified atom stereocenters. The first-order valence-electron chi connectivity index (χ1n) is 8.15. The molecular weight excluding hydrogens is 266 g/mol. The number of nitrogens with zero attached hydrogens (tertiary/aromatic N) is 1. The molecule has 0 saturated heterocycles. The third kappa shape index (κ3) is 4.73. The van der Waals surface area contributed by atoms with Crippen molar-refractivity contribution in [2.45, 2.75) is 70.3 Å². The SMILES string of the molecule is N#CC1(C(=O)NCCCC(=O)NC2CC2)CCCCCC1. The van der Waals surface area contributed by atoms with E-state index >= 15 is 0 Å². The van der Waals surface area contributed by atoms with Crippen molar-refractivity contribution in [1.82, 2.24) is 10.6 Å². The topological polar surface area (TPSA) is 82.0 Å². The maximum Gasteiger partial charge on any atom is 0.240 e. The summed E-state index contributed by atoms with van der Waals surface area (Å²) in [7, 11) is 0. The van der Waals surface area contributed by atoms with Crippen molar-refractivity contribution in [3.8, 4) is 6.07 Å². The monoisotopic (exact) mass is 291 g/mol. The van der Waals surface area contributed by atoms with Gasteiger partial charge in [-0.05, 0) is 32.1 Å². The number of nitriles is 1. The Hall–Kier alpha value is -1.57. The van der Waals surface area contributed by atoms with E-state index in [4.69, 9.17) is 0 Å². The lowest BCUT2D eigenvalue weighted by Crippen LogP contribution is -2.40. The van der Waals surface area contributed by atoms with E-state index < -0.39 is 5.41 Å². The summed E-state index contributed by atoms with van der Waals surface area (Å²) in [6.45, 7) is 0.473. The molecule has 0 aromatic rings. The Balaban J connectivity index is 1.69. The Morgan fingerprint density at radius 1 is 1.14 bits per heavy atom. The quantitative estimate of drug-likeness (QED) is 0.580. The second-order valence-electron chi connectivity index (χ2n) is 6.31. The maximum absolute atomic E-state index is 12.3. The van der Waals surface area contributed by atoms with E-state index in [1.165, 1.54) is 0 Å². The lowest BCUT2D eigenvalue weighted by atomic mass is 9.81. The molecule has 21 heavy (non-hydrogen) atoms. The molecule has 2 rings (SSSR count). The van der Waals surface area contributed by atoms with Gasteiger partial charge in [0.1, 0.15) is 5.41 Å². The summed E-state index contributed by atoms with van der Waals surface area (Å²) >= 11 is 0. The van der Waals surface area contributed by atoms with Crippen molar-refractivity contribution in [3.63, 3.8) is 0 Å². The van der Waals surface area contributed by atoms with Gasteiger partial charge >= 0.3 is 0 Å². The number of rotatable bonds is 6. The van der Waals surface area contributed by atoms with Gasteiger partial charge in [0.15, 0.2) is 0 Å². The average Bonchev–Trinajstić information content (AvgIpc) is 3.30. The molecule has 5 nitrogen and oxygen atoms in total. The molecule has 0 spiro atoms. The van der Waals surface area contributed by atoms with Crippen LogP contribution in [0.4, 0.5) is 0 Å². The van der Waals surface area contributed by atoms with Crippen LogP contribution in [0.1, 0.15) is 64.2 Å². The molecule has 0 heterocycles. The third-order valence-electron chi connectivity index (χ3n) is 4.41. The van der Waals surface area contributed by atoms with E-state index in [1.54, 1.807) is 0 Å². The van der Waals surface area contributed by atoms with E-state index in [1.807, 2.05) is 0 Å². The zero-order valence-corrected chi connectivity index (χ0v) is 12.6. The summed E-state index contributed by atoms with van der Waals surface area (Å²) in [5, 5.41) is 15.2. The van der Waals surface area contributed by atoms with Crippen LogP contribution in [0.15, 0.2) is 0 Å². The van der Waals surface area contributed by atoms with Crippen molar-refractivity contribution in [1.29, 1.82) is 5.26 Å². The Morgan fingerprint density at radius 2 is 1.81 bits per heavy atom. The van der Waals surface area contributed by atoms with Crippen LogP contribution < -0.4 is 10.6 Å². The van der Waals surface area contributed by atoms with Crippen LogP contribution >= 0.6 is 0 Å². The molecule has 5 heteroatoms. The Labute approximate surface area is 126 Å². The predicted octanol–water partition coefficient (Wildman–Crippen LogP) is 2.03.